The van der Waals surface area contributed by atoms with Gasteiger partial charge in [0.25, 0.3) is 0 Å². The zero-order valence-corrected chi connectivity index (χ0v) is 30.8. The zero-order valence-electron chi connectivity index (χ0n) is 30.0. The van der Waals surface area contributed by atoms with E-state index in [-0.39, 0.29) is 69.4 Å². The van der Waals surface area contributed by atoms with Crippen molar-refractivity contribution in [1.82, 2.24) is 4.90 Å². The van der Waals surface area contributed by atoms with Gasteiger partial charge in [0.2, 0.25) is 5.91 Å². The van der Waals surface area contributed by atoms with Crippen molar-refractivity contribution < 1.29 is 32.6 Å². The summed E-state index contributed by atoms with van der Waals surface area (Å²) >= 11 is 0. The molecule has 0 radical (unpaired) electrons. The fourth-order valence-electron chi connectivity index (χ4n) is 12.5. The molecule has 0 aromatic heterocycles. The summed E-state index contributed by atoms with van der Waals surface area (Å²) in [5, 5.41) is 9.05. The number of carboxylic acid groups (broad SMARTS) is 1. The first-order valence-electron chi connectivity index (χ1n) is 18.3. The van der Waals surface area contributed by atoms with Crippen LogP contribution in [-0.2, 0) is 29.0 Å². The fraction of sp³-hybridized carbons (Fsp3) is 0.868. The van der Waals surface area contributed by atoms with E-state index in [2.05, 4.69) is 54.5 Å². The quantitative estimate of drug-likeness (QED) is 0.251. The summed E-state index contributed by atoms with van der Waals surface area (Å²) in [7, 11) is -3.07. The van der Waals surface area contributed by atoms with E-state index in [0.29, 0.717) is 24.9 Å². The number of nitrogens with zero attached hydrogens (tertiary/aromatic N) is 1. The number of rotatable bonds is 5. The van der Waals surface area contributed by atoms with Crippen LogP contribution < -0.4 is 0 Å². The lowest BCUT2D eigenvalue weighted by Gasteiger charge is -2.71. The van der Waals surface area contributed by atoms with Crippen molar-refractivity contribution in [3.05, 3.63) is 11.6 Å². The van der Waals surface area contributed by atoms with E-state index in [1.165, 1.54) is 5.57 Å². The lowest BCUT2D eigenvalue weighted by Crippen LogP contribution is -2.66. The molecule has 8 nitrogen and oxygen atoms in total. The van der Waals surface area contributed by atoms with Crippen molar-refractivity contribution in [2.75, 3.05) is 24.6 Å². The normalized spacial score (nSPS) is 43.2. The van der Waals surface area contributed by atoms with Gasteiger partial charge >= 0.3 is 11.9 Å². The molecule has 1 amide bonds. The Morgan fingerprint density at radius 3 is 2.19 bits per heavy atom. The molecule has 9 heteroatoms. The maximum Gasteiger partial charge on any atom is 0.306 e. The maximum absolute atomic E-state index is 14.6. The van der Waals surface area contributed by atoms with Crippen LogP contribution in [0.1, 0.15) is 126 Å². The molecule has 5 fully saturated rings. The second kappa shape index (κ2) is 11.3. The number of aliphatic carboxylic acids is 1. The molecule has 6 aliphatic rings. The number of ether oxygens (including phenoxy) is 1. The first kappa shape index (κ1) is 34.9. The van der Waals surface area contributed by atoms with Crippen LogP contribution >= 0.6 is 0 Å². The Labute approximate surface area is 282 Å². The Balaban J connectivity index is 1.31. The van der Waals surface area contributed by atoms with Gasteiger partial charge in [0, 0.05) is 18.5 Å². The van der Waals surface area contributed by atoms with Crippen LogP contribution in [0.3, 0.4) is 0 Å². The van der Waals surface area contributed by atoms with Gasteiger partial charge in [-0.15, -0.1) is 0 Å². The minimum absolute atomic E-state index is 0.0265. The van der Waals surface area contributed by atoms with Gasteiger partial charge in [0.05, 0.1) is 29.8 Å². The lowest BCUT2D eigenvalue weighted by molar-refractivity contribution is -0.213. The first-order chi connectivity index (χ1) is 21.7. The maximum atomic E-state index is 14.6. The van der Waals surface area contributed by atoms with Crippen LogP contribution in [0.4, 0.5) is 0 Å². The van der Waals surface area contributed by atoms with Crippen molar-refractivity contribution >= 4 is 27.7 Å². The number of esters is 1. The summed E-state index contributed by atoms with van der Waals surface area (Å²) in [4.78, 5) is 40.2. The molecule has 8 atom stereocenters. The van der Waals surface area contributed by atoms with Crippen LogP contribution in [0, 0.1) is 50.2 Å². The number of carbonyl (C=O) groups is 3. The van der Waals surface area contributed by atoms with Gasteiger partial charge in [-0.3, -0.25) is 14.4 Å². The molecule has 1 heterocycles. The number of allylic oxidation sites excluding steroid dienone is 2. The van der Waals surface area contributed by atoms with Crippen LogP contribution in [0.5, 0.6) is 0 Å². The number of hydrogen-bond donors (Lipinski definition) is 1. The Bertz CT molecular complexity index is 1450. The predicted octanol–water partition coefficient (Wildman–Crippen LogP) is 6.82. The molecule has 0 aromatic carbocycles. The smallest absolute Gasteiger partial charge is 0.306 e. The van der Waals surface area contributed by atoms with Crippen LogP contribution in [0.2, 0.25) is 0 Å². The molecular weight excluding hydrogens is 614 g/mol. The number of hydrogen-bond acceptors (Lipinski definition) is 6. The highest BCUT2D eigenvalue weighted by Gasteiger charge is 2.69. The summed E-state index contributed by atoms with van der Waals surface area (Å²) in [5.74, 6) is -0.00991. The molecule has 47 heavy (non-hydrogen) atoms. The monoisotopic (exact) mass is 673 g/mol. The molecule has 1 aliphatic heterocycles. The van der Waals surface area contributed by atoms with Gasteiger partial charge in [-0.1, -0.05) is 60.1 Å². The molecule has 0 spiro atoms. The SMILES string of the molecule is CC1(C)CC[C@]2(C(=O)N3CCS(=O)(=O)CC3)CC[C@]3(C)C(=CC[C@@H]4[C@@]5(C)CC[C@H](OC(=O)CCC(=O)O)C(C)(C)[C@@H]5CC[C@]43C)[C@@H]2C1. The molecule has 5 aliphatic carbocycles. The van der Waals surface area contributed by atoms with Crippen molar-refractivity contribution in [1.29, 1.82) is 0 Å². The van der Waals surface area contributed by atoms with Crippen LogP contribution in [0.15, 0.2) is 11.6 Å². The van der Waals surface area contributed by atoms with Gasteiger partial charge in [0.1, 0.15) is 6.10 Å². The number of carboxylic acids is 1. The summed E-state index contributed by atoms with van der Waals surface area (Å²) in [6, 6.07) is 0. The van der Waals surface area contributed by atoms with E-state index in [1.54, 1.807) is 0 Å². The second-order valence-corrected chi connectivity index (χ2v) is 20.9. The topological polar surface area (TPSA) is 118 Å². The molecule has 1 N–H and O–H groups in total. The van der Waals surface area contributed by atoms with E-state index in [0.717, 1.165) is 64.2 Å². The fourth-order valence-corrected chi connectivity index (χ4v) is 13.7. The van der Waals surface area contributed by atoms with Crippen molar-refractivity contribution in [3.8, 4) is 0 Å². The first-order valence-corrected chi connectivity index (χ1v) is 20.1. The third-order valence-corrected chi connectivity index (χ3v) is 17.1. The Hall–Kier alpha value is -1.90. The molecule has 6 rings (SSSR count). The molecule has 0 bridgehead atoms. The predicted molar refractivity (Wildman–Crippen MR) is 181 cm³/mol. The average Bonchev–Trinajstić information content (AvgIpc) is 2.97. The van der Waals surface area contributed by atoms with E-state index in [9.17, 15) is 22.8 Å². The highest BCUT2D eigenvalue weighted by atomic mass is 32.2. The highest BCUT2D eigenvalue weighted by molar-refractivity contribution is 7.91. The van der Waals surface area contributed by atoms with Gasteiger partial charge in [-0.2, -0.15) is 0 Å². The van der Waals surface area contributed by atoms with Gasteiger partial charge in [0.15, 0.2) is 9.84 Å². The highest BCUT2D eigenvalue weighted by Crippen LogP contribution is 2.76. The minimum atomic E-state index is -3.07. The lowest BCUT2D eigenvalue weighted by atomic mass is 9.33. The van der Waals surface area contributed by atoms with Gasteiger partial charge in [-0.25, -0.2) is 8.42 Å². The third-order valence-electron chi connectivity index (χ3n) is 15.5. The molecular formula is C38H59NO7S. The summed E-state index contributed by atoms with van der Waals surface area (Å²) < 4.78 is 30.5. The zero-order chi connectivity index (χ0) is 34.4. The molecule has 1 saturated heterocycles. The van der Waals surface area contributed by atoms with Crippen LogP contribution in [0.25, 0.3) is 0 Å². The number of fused-ring (bicyclic) bond motifs is 7. The van der Waals surface area contributed by atoms with E-state index in [1.807, 2.05) is 4.90 Å². The number of amides is 1. The van der Waals surface area contributed by atoms with Crippen molar-refractivity contribution in [2.45, 2.75) is 132 Å². The summed E-state index contributed by atoms with van der Waals surface area (Å²) in [5.41, 5.74) is 1.10. The van der Waals surface area contributed by atoms with E-state index in [4.69, 9.17) is 9.84 Å². The van der Waals surface area contributed by atoms with Crippen LogP contribution in [-0.4, -0.2) is 67.0 Å². The largest absolute Gasteiger partial charge is 0.481 e. The average molecular weight is 674 g/mol. The van der Waals surface area contributed by atoms with Gasteiger partial charge < -0.3 is 14.7 Å². The molecule has 4 saturated carbocycles. The van der Waals surface area contributed by atoms with Gasteiger partial charge in [-0.05, 0) is 104 Å². The number of carbonyl (C=O) groups excluding carboxylic acids is 2. The minimum Gasteiger partial charge on any atom is -0.481 e. The molecule has 0 aromatic rings. The Kier molecular flexibility index (Phi) is 8.41. The standard InChI is InChI=1S/C38H59NO7S/c1-33(2)16-18-38(32(43)39-20-22-47(44,45)23-21-39)19-17-36(6)25(26(38)24-33)8-9-28-35(5)14-13-29(46-31(42)11-10-30(40)41)34(3,4)27(35)12-15-37(28,36)7/h8,26-29H,9-24H2,1-7H3,(H,40,41)/t26-,27-,28+,29-,35-,36+,37+,38-/m0/s1. The summed E-state index contributed by atoms with van der Waals surface area (Å²) in [6.45, 7) is 17.4. The Morgan fingerprint density at radius 2 is 1.53 bits per heavy atom. The van der Waals surface area contributed by atoms with E-state index >= 15 is 0 Å². The molecule has 264 valence electrons. The van der Waals surface area contributed by atoms with E-state index < -0.39 is 27.2 Å². The second-order valence-electron chi connectivity index (χ2n) is 18.5. The third kappa shape index (κ3) is 5.42. The molecule has 0 unspecified atom stereocenters. The Morgan fingerprint density at radius 1 is 0.872 bits per heavy atom. The van der Waals surface area contributed by atoms with Crippen molar-refractivity contribution in [2.24, 2.45) is 50.2 Å². The number of sulfone groups is 1. The van der Waals surface area contributed by atoms with Crippen molar-refractivity contribution in [3.63, 3.8) is 0 Å². The summed E-state index contributed by atoms with van der Waals surface area (Å²) in [6.07, 6.45) is 11.7.